The molecule has 0 fully saturated rings. The molecule has 0 atom stereocenters. The number of thioether (sulfide) groups is 1. The van der Waals surface area contributed by atoms with Crippen molar-refractivity contribution in [2.75, 3.05) is 17.7 Å². The summed E-state index contributed by atoms with van der Waals surface area (Å²) < 4.78 is 28.1. The number of thiazole rings is 1. The number of carbonyl (C=O) groups is 1. The first-order valence-corrected chi connectivity index (χ1v) is 13.6. The molecule has 32 heavy (non-hydrogen) atoms. The van der Waals surface area contributed by atoms with Gasteiger partial charge in [0.05, 0.1) is 17.0 Å². The summed E-state index contributed by atoms with van der Waals surface area (Å²) in [6.07, 6.45) is 6.73. The Labute approximate surface area is 204 Å². The number of nitrogens with one attached hydrogen (secondary N) is 1. The van der Waals surface area contributed by atoms with Gasteiger partial charge >= 0.3 is 0 Å². The summed E-state index contributed by atoms with van der Waals surface area (Å²) in [5, 5.41) is 3.04. The van der Waals surface area contributed by atoms with E-state index in [2.05, 4.69) is 4.57 Å². The van der Waals surface area contributed by atoms with Crippen LogP contribution in [0.4, 0.5) is 5.69 Å². The zero-order valence-electron chi connectivity index (χ0n) is 17.0. The molecule has 1 amide bonds. The van der Waals surface area contributed by atoms with Gasteiger partial charge in [0.15, 0.2) is 0 Å². The fourth-order valence-electron chi connectivity index (χ4n) is 3.24. The van der Waals surface area contributed by atoms with Crippen LogP contribution in [0.25, 0.3) is 16.3 Å². The highest BCUT2D eigenvalue weighted by Gasteiger charge is 2.27. The number of hydrogen-bond donors (Lipinski definition) is 1. The van der Waals surface area contributed by atoms with Crippen LogP contribution in [-0.2, 0) is 21.9 Å². The highest BCUT2D eigenvalue weighted by atomic mass is 35.5. The minimum Gasteiger partial charge on any atom is -0.325 e. The molecular formula is C21H18Cl2N3O3S3+. The topological polar surface area (TPSA) is 70.4 Å². The number of allylic oxidation sites excluding steroid dienone is 2. The molecule has 11 heteroatoms. The number of sulfonamides is 1. The Bertz CT molecular complexity index is 1400. The van der Waals surface area contributed by atoms with E-state index in [1.54, 1.807) is 28.4 Å². The van der Waals surface area contributed by atoms with Crippen molar-refractivity contribution < 1.29 is 17.8 Å². The van der Waals surface area contributed by atoms with Crippen molar-refractivity contribution in [1.29, 1.82) is 0 Å². The molecule has 2 heterocycles. The fraction of sp³-hybridized carbons (Fsp3) is 0.143. The molecule has 0 saturated carbocycles. The van der Waals surface area contributed by atoms with Gasteiger partial charge < -0.3 is 4.90 Å². The van der Waals surface area contributed by atoms with E-state index in [-0.39, 0.29) is 6.54 Å². The molecular weight excluding hydrogens is 509 g/mol. The van der Waals surface area contributed by atoms with Crippen molar-refractivity contribution >= 4 is 84.2 Å². The molecule has 0 radical (unpaired) electrons. The van der Waals surface area contributed by atoms with Gasteiger partial charge in [0.1, 0.15) is 18.3 Å². The van der Waals surface area contributed by atoms with Gasteiger partial charge in [0.2, 0.25) is 15.5 Å². The van der Waals surface area contributed by atoms with Gasteiger partial charge in [-0.05, 0) is 36.4 Å². The van der Waals surface area contributed by atoms with Crippen molar-refractivity contribution in [3.05, 3.63) is 68.6 Å². The number of rotatable bonds is 5. The van der Waals surface area contributed by atoms with Crippen LogP contribution < -0.4 is 14.2 Å². The maximum Gasteiger partial charge on any atom is 0.262 e. The first-order valence-electron chi connectivity index (χ1n) is 9.33. The van der Waals surface area contributed by atoms with Gasteiger partial charge in [-0.1, -0.05) is 52.4 Å². The van der Waals surface area contributed by atoms with Crippen LogP contribution in [-0.4, -0.2) is 27.1 Å². The summed E-state index contributed by atoms with van der Waals surface area (Å²) in [5.74, 6) is -0.622. The monoisotopic (exact) mass is 526 g/mol. The second-order valence-corrected chi connectivity index (χ2v) is 11.8. The Hall–Kier alpha value is -2.04. The second-order valence-electron chi connectivity index (χ2n) is 7.07. The van der Waals surface area contributed by atoms with Crippen LogP contribution in [0.3, 0.4) is 0 Å². The number of anilines is 1. The number of aromatic nitrogens is 1. The molecule has 0 aliphatic carbocycles. The lowest BCUT2D eigenvalue weighted by atomic mass is 10.3. The molecule has 166 valence electrons. The molecule has 6 nitrogen and oxygen atoms in total. The van der Waals surface area contributed by atoms with Gasteiger partial charge in [0.25, 0.3) is 10.9 Å². The van der Waals surface area contributed by atoms with Crippen LogP contribution in [0.1, 0.15) is 5.01 Å². The van der Waals surface area contributed by atoms with Crippen molar-refractivity contribution in [2.24, 2.45) is 7.05 Å². The highest BCUT2D eigenvalue weighted by Crippen LogP contribution is 2.46. The number of hydrogen-bond acceptors (Lipinski definition) is 6. The summed E-state index contributed by atoms with van der Waals surface area (Å²) >= 11 is 15.4. The lowest BCUT2D eigenvalue weighted by molar-refractivity contribution is -0.642. The zero-order valence-corrected chi connectivity index (χ0v) is 21.0. The average molecular weight is 528 g/mol. The standard InChI is InChI=1S/C21H17Cl2N3O3S3/c1-25-15-10-13(22)6-8-17(15)30-20(25)4-3-5-21-26(12-19(27)24-32(2,28)29)16-11-14(23)7-9-18(16)31-21/h3-11H,12H2,1-2H3/p+1. The van der Waals surface area contributed by atoms with Gasteiger partial charge in [-0.15, -0.1) is 0 Å². The molecule has 0 bridgehead atoms. The predicted octanol–water partition coefficient (Wildman–Crippen LogP) is 4.58. The lowest BCUT2D eigenvalue weighted by Crippen LogP contribution is -2.38. The fourth-order valence-corrected chi connectivity index (χ4v) is 6.15. The van der Waals surface area contributed by atoms with Gasteiger partial charge in [0, 0.05) is 27.1 Å². The van der Waals surface area contributed by atoms with Gasteiger partial charge in [-0.3, -0.25) is 9.52 Å². The van der Waals surface area contributed by atoms with Crippen molar-refractivity contribution in [3.8, 4) is 0 Å². The minimum atomic E-state index is -3.64. The summed E-state index contributed by atoms with van der Waals surface area (Å²) in [5.41, 5.74) is 1.80. The van der Waals surface area contributed by atoms with E-state index in [1.165, 1.54) is 11.8 Å². The Morgan fingerprint density at radius 2 is 1.91 bits per heavy atom. The largest absolute Gasteiger partial charge is 0.325 e. The molecule has 0 unspecified atom stereocenters. The maximum absolute atomic E-state index is 12.3. The quantitative estimate of drug-likeness (QED) is 0.493. The third kappa shape index (κ3) is 5.13. The summed E-state index contributed by atoms with van der Waals surface area (Å²) in [6, 6.07) is 11.2. The predicted molar refractivity (Wildman–Crippen MR) is 133 cm³/mol. The van der Waals surface area contributed by atoms with Crippen LogP contribution in [0, 0.1) is 0 Å². The van der Waals surface area contributed by atoms with E-state index >= 15 is 0 Å². The first kappa shape index (κ1) is 23.1. The Morgan fingerprint density at radius 3 is 2.66 bits per heavy atom. The normalized spacial score (nSPS) is 15.1. The lowest BCUT2D eigenvalue weighted by Gasteiger charge is -2.19. The second kappa shape index (κ2) is 9.07. The van der Waals surface area contributed by atoms with Crippen LogP contribution >= 0.6 is 46.3 Å². The number of aryl methyl sites for hydroxylation is 1. The number of nitrogens with zero attached hydrogens (tertiary/aromatic N) is 2. The number of amides is 1. The minimum absolute atomic E-state index is 0.151. The number of fused-ring (bicyclic) bond motifs is 2. The molecule has 0 spiro atoms. The van der Waals surface area contributed by atoms with Crippen LogP contribution in [0.5, 0.6) is 0 Å². The number of halogens is 2. The first-order chi connectivity index (χ1) is 15.1. The number of benzene rings is 2. The third-order valence-corrected chi connectivity index (χ3v) is 7.98. The molecule has 3 aromatic rings. The van der Waals surface area contributed by atoms with E-state index < -0.39 is 15.9 Å². The zero-order chi connectivity index (χ0) is 23.0. The summed E-state index contributed by atoms with van der Waals surface area (Å²) in [6.45, 7) is -0.151. The summed E-state index contributed by atoms with van der Waals surface area (Å²) in [7, 11) is -1.67. The van der Waals surface area contributed by atoms with E-state index in [0.29, 0.717) is 10.0 Å². The summed E-state index contributed by atoms with van der Waals surface area (Å²) in [4.78, 5) is 15.0. The Kier molecular flexibility index (Phi) is 6.56. The van der Waals surface area contributed by atoms with E-state index in [1.807, 2.05) is 54.3 Å². The smallest absolute Gasteiger partial charge is 0.262 e. The van der Waals surface area contributed by atoms with Gasteiger partial charge in [-0.2, -0.15) is 4.57 Å². The van der Waals surface area contributed by atoms with Crippen LogP contribution in [0.15, 0.2) is 58.5 Å². The highest BCUT2D eigenvalue weighted by molar-refractivity contribution is 8.03. The molecule has 1 aromatic heterocycles. The van der Waals surface area contributed by atoms with E-state index in [4.69, 9.17) is 23.2 Å². The molecule has 1 aliphatic rings. The molecule has 1 N–H and O–H groups in total. The molecule has 0 saturated heterocycles. The Balaban J connectivity index is 1.63. The SMILES string of the molecule is C[n+]1c(/C=C/C=C2\Sc3ccc(Cl)cc3N2CC(=O)NS(C)(=O)=O)sc2ccc(Cl)cc21. The molecule has 4 rings (SSSR count). The van der Waals surface area contributed by atoms with Crippen molar-refractivity contribution in [2.45, 2.75) is 4.90 Å². The molecule has 2 aromatic carbocycles. The average Bonchev–Trinajstić information content (AvgIpc) is 3.18. The van der Waals surface area contributed by atoms with Crippen LogP contribution in [0.2, 0.25) is 10.0 Å². The van der Waals surface area contributed by atoms with Gasteiger partial charge in [-0.25, -0.2) is 8.42 Å². The van der Waals surface area contributed by atoms with E-state index in [0.717, 1.165) is 37.1 Å². The number of carbonyl (C=O) groups excluding carboxylic acids is 1. The Morgan fingerprint density at radius 1 is 1.19 bits per heavy atom. The third-order valence-electron chi connectivity index (χ3n) is 4.60. The maximum atomic E-state index is 12.3. The van der Waals surface area contributed by atoms with E-state index in [9.17, 15) is 13.2 Å². The van der Waals surface area contributed by atoms with Crippen molar-refractivity contribution in [3.63, 3.8) is 0 Å². The van der Waals surface area contributed by atoms with Crippen molar-refractivity contribution in [1.82, 2.24) is 4.72 Å². The molecule has 1 aliphatic heterocycles.